The van der Waals surface area contributed by atoms with Crippen molar-refractivity contribution in [3.8, 4) is 0 Å². The molecule has 0 amide bonds. The summed E-state index contributed by atoms with van der Waals surface area (Å²) in [6.07, 6.45) is 42.5. The monoisotopic (exact) mass is 780 g/mol. The van der Waals surface area contributed by atoms with Crippen LogP contribution in [0.3, 0.4) is 0 Å². The van der Waals surface area contributed by atoms with Gasteiger partial charge in [0.05, 0.1) is 19.3 Å². The lowest BCUT2D eigenvalue weighted by molar-refractivity contribution is -0.161. The highest BCUT2D eigenvalue weighted by Gasteiger charge is 2.25. The van der Waals surface area contributed by atoms with E-state index in [2.05, 4.69) is 38.2 Å². The van der Waals surface area contributed by atoms with Crippen molar-refractivity contribution in [3.05, 3.63) is 72.9 Å². The van der Waals surface area contributed by atoms with Crippen molar-refractivity contribution < 1.29 is 42.7 Å². The summed E-state index contributed by atoms with van der Waals surface area (Å²) in [6.45, 7) is 3.42. The average Bonchev–Trinajstić information content (AvgIpc) is 3.15. The highest BCUT2D eigenvalue weighted by Crippen LogP contribution is 2.43. The van der Waals surface area contributed by atoms with Crippen LogP contribution in [0.1, 0.15) is 149 Å². The fourth-order valence-electron chi connectivity index (χ4n) is 5.16. The summed E-state index contributed by atoms with van der Waals surface area (Å²) in [5.74, 6) is -0.979. The molecule has 0 saturated heterocycles. The minimum absolute atomic E-state index is 0.0278. The molecule has 11 heteroatoms. The summed E-state index contributed by atoms with van der Waals surface area (Å²) in [5.41, 5.74) is 5.33. The topological polar surface area (TPSA) is 155 Å². The molecule has 0 aliphatic heterocycles. The number of ether oxygens (including phenoxy) is 2. The van der Waals surface area contributed by atoms with E-state index in [1.807, 2.05) is 42.5 Å². The normalized spacial score (nSPS) is 14.7. The zero-order valence-electron chi connectivity index (χ0n) is 33.5. The molecule has 4 N–H and O–H groups in total. The molecule has 0 saturated carbocycles. The maximum atomic E-state index is 12.5. The van der Waals surface area contributed by atoms with Crippen LogP contribution in [0.15, 0.2) is 72.9 Å². The van der Waals surface area contributed by atoms with Gasteiger partial charge in [-0.25, -0.2) is 4.57 Å². The Bertz CT molecular complexity index is 1130. The van der Waals surface area contributed by atoms with Crippen molar-refractivity contribution in [2.24, 2.45) is 5.73 Å². The summed E-state index contributed by atoms with van der Waals surface area (Å²) in [6, 6.07) is 0. The van der Waals surface area contributed by atoms with Crippen molar-refractivity contribution in [2.45, 2.75) is 161 Å². The molecule has 0 aliphatic carbocycles. The SMILES string of the molecule is CC/C=C\C/C=C\C/C=C\C=C\C(O)C/C=C\C/C=C\CCC(=O)OC(COC(=O)CCCCCCCCCCCCCCC)COP(=O)(O)OCCN. The van der Waals surface area contributed by atoms with E-state index in [0.717, 1.165) is 38.5 Å². The van der Waals surface area contributed by atoms with E-state index in [-0.39, 0.29) is 32.6 Å². The quantitative estimate of drug-likeness (QED) is 0.0182. The molecule has 0 heterocycles. The van der Waals surface area contributed by atoms with Gasteiger partial charge < -0.3 is 25.2 Å². The van der Waals surface area contributed by atoms with E-state index >= 15 is 0 Å². The third kappa shape index (κ3) is 37.7. The van der Waals surface area contributed by atoms with Crippen molar-refractivity contribution in [3.63, 3.8) is 0 Å². The zero-order valence-corrected chi connectivity index (χ0v) is 34.4. The number of carbonyl (C=O) groups is 2. The number of hydrogen-bond donors (Lipinski definition) is 3. The molecule has 3 atom stereocenters. The fourth-order valence-corrected chi connectivity index (χ4v) is 5.92. The number of rotatable bonds is 37. The van der Waals surface area contributed by atoms with Crippen molar-refractivity contribution in [1.29, 1.82) is 0 Å². The average molecular weight is 780 g/mol. The van der Waals surface area contributed by atoms with Gasteiger partial charge in [0.2, 0.25) is 0 Å². The number of phosphoric ester groups is 1. The molecule has 0 aromatic carbocycles. The number of esters is 2. The molecule has 3 unspecified atom stereocenters. The predicted molar refractivity (Wildman–Crippen MR) is 221 cm³/mol. The van der Waals surface area contributed by atoms with Crippen molar-refractivity contribution in [2.75, 3.05) is 26.4 Å². The smallest absolute Gasteiger partial charge is 0.462 e. The molecular formula is C43H74NO9P. The lowest BCUT2D eigenvalue weighted by Gasteiger charge is -2.19. The molecule has 310 valence electrons. The minimum atomic E-state index is -4.41. The second kappa shape index (κ2) is 38.7. The highest BCUT2D eigenvalue weighted by atomic mass is 31.2. The third-order valence-electron chi connectivity index (χ3n) is 8.20. The van der Waals surface area contributed by atoms with Gasteiger partial charge in [-0.1, -0.05) is 164 Å². The molecule has 0 fully saturated rings. The van der Waals surface area contributed by atoms with Gasteiger partial charge in [-0.05, 0) is 44.9 Å². The minimum Gasteiger partial charge on any atom is -0.462 e. The molecule has 0 radical (unpaired) electrons. The number of carbonyl (C=O) groups excluding carboxylic acids is 2. The Balaban J connectivity index is 4.41. The van der Waals surface area contributed by atoms with E-state index < -0.39 is 38.6 Å². The van der Waals surface area contributed by atoms with Crippen LogP contribution in [-0.2, 0) is 32.7 Å². The lowest BCUT2D eigenvalue weighted by atomic mass is 10.0. The van der Waals surface area contributed by atoms with Crippen LogP contribution in [0.4, 0.5) is 0 Å². The van der Waals surface area contributed by atoms with Crippen molar-refractivity contribution in [1.82, 2.24) is 0 Å². The predicted octanol–water partition coefficient (Wildman–Crippen LogP) is 10.5. The van der Waals surface area contributed by atoms with Crippen LogP contribution in [0.5, 0.6) is 0 Å². The highest BCUT2D eigenvalue weighted by molar-refractivity contribution is 7.47. The van der Waals surface area contributed by atoms with Gasteiger partial charge in [0, 0.05) is 19.4 Å². The van der Waals surface area contributed by atoms with Crippen LogP contribution < -0.4 is 5.73 Å². The summed E-state index contributed by atoms with van der Waals surface area (Å²) in [4.78, 5) is 34.8. The first kappa shape index (κ1) is 51.4. The van der Waals surface area contributed by atoms with Gasteiger partial charge in [0.15, 0.2) is 6.10 Å². The Morgan fingerprint density at radius 1 is 0.667 bits per heavy atom. The van der Waals surface area contributed by atoms with Crippen molar-refractivity contribution >= 4 is 19.8 Å². The standard InChI is InChI=1S/C43H74NO9P/c1-3-5-7-9-11-13-15-16-17-19-21-26-30-34-42(46)50-38-41(39-52-54(48,49)51-37-36-44)53-43(47)35-31-27-23-22-25-29-33-40(45)32-28-24-20-18-14-12-10-8-6-4-2/h6,8,12,14,20,23-25,27-29,32,40-41,45H,3-5,7,9-11,13,15-19,21-22,26,30-31,33-39,44H2,1-2H3,(H,48,49)/b8-6-,14-12-,24-20-,27-23-,29-25-,32-28+. The van der Waals surface area contributed by atoms with Crippen LogP contribution in [0, 0.1) is 0 Å². The number of nitrogens with two attached hydrogens (primary N) is 1. The Labute approximate surface area is 327 Å². The van der Waals surface area contributed by atoms with Crippen LogP contribution in [0.2, 0.25) is 0 Å². The summed E-state index contributed by atoms with van der Waals surface area (Å²) >= 11 is 0. The molecule has 0 aliphatic rings. The van der Waals surface area contributed by atoms with Crippen LogP contribution >= 0.6 is 7.82 Å². The van der Waals surface area contributed by atoms with Gasteiger partial charge >= 0.3 is 19.8 Å². The molecule has 10 nitrogen and oxygen atoms in total. The first-order valence-electron chi connectivity index (χ1n) is 20.5. The Morgan fingerprint density at radius 3 is 1.87 bits per heavy atom. The largest absolute Gasteiger partial charge is 0.472 e. The molecule has 0 aromatic rings. The summed E-state index contributed by atoms with van der Waals surface area (Å²) in [7, 11) is -4.41. The number of aliphatic hydroxyl groups excluding tert-OH is 1. The third-order valence-corrected chi connectivity index (χ3v) is 9.18. The van der Waals surface area contributed by atoms with E-state index in [1.54, 1.807) is 6.08 Å². The number of phosphoric acid groups is 1. The van der Waals surface area contributed by atoms with Gasteiger partial charge in [-0.3, -0.25) is 18.6 Å². The van der Waals surface area contributed by atoms with Gasteiger partial charge in [-0.2, -0.15) is 0 Å². The maximum Gasteiger partial charge on any atom is 0.472 e. The van der Waals surface area contributed by atoms with E-state index in [9.17, 15) is 24.2 Å². The molecule has 54 heavy (non-hydrogen) atoms. The zero-order chi connectivity index (χ0) is 39.8. The summed E-state index contributed by atoms with van der Waals surface area (Å²) < 4.78 is 32.6. The maximum absolute atomic E-state index is 12.5. The van der Waals surface area contributed by atoms with Crippen LogP contribution in [-0.4, -0.2) is 60.5 Å². The molecule has 0 spiro atoms. The first-order valence-corrected chi connectivity index (χ1v) is 22.0. The van der Waals surface area contributed by atoms with Crippen LogP contribution in [0.25, 0.3) is 0 Å². The Hall–Kier alpha value is -2.59. The van der Waals surface area contributed by atoms with E-state index in [0.29, 0.717) is 25.7 Å². The first-order chi connectivity index (χ1) is 26.2. The summed E-state index contributed by atoms with van der Waals surface area (Å²) in [5, 5.41) is 10.1. The van der Waals surface area contributed by atoms with Gasteiger partial charge in [0.25, 0.3) is 0 Å². The van der Waals surface area contributed by atoms with Gasteiger partial charge in [-0.15, -0.1) is 0 Å². The number of allylic oxidation sites excluding steroid dienone is 10. The second-order valence-corrected chi connectivity index (χ2v) is 14.8. The molecular weight excluding hydrogens is 705 g/mol. The van der Waals surface area contributed by atoms with E-state index in [4.69, 9.17) is 24.3 Å². The molecule has 0 aromatic heterocycles. The Morgan fingerprint density at radius 2 is 1.24 bits per heavy atom. The fraction of sp³-hybridized carbons (Fsp3) is 0.674. The number of hydrogen-bond acceptors (Lipinski definition) is 9. The Kier molecular flexibility index (Phi) is 36.8. The molecule has 0 bridgehead atoms. The van der Waals surface area contributed by atoms with Gasteiger partial charge in [0.1, 0.15) is 6.61 Å². The second-order valence-electron chi connectivity index (χ2n) is 13.3. The van der Waals surface area contributed by atoms with E-state index in [1.165, 1.54) is 57.8 Å². The number of aliphatic hydroxyl groups is 1. The lowest BCUT2D eigenvalue weighted by Crippen LogP contribution is -2.29. The molecule has 0 rings (SSSR count). The number of unbranched alkanes of at least 4 members (excludes halogenated alkanes) is 12.